The standard InChI is InChI=1S/C27H29F2N5O5S/c1-15(2)17-7-4-5-9-21(17)34-25-18(13-20(29)24(30-25)23-19(28)8-6-10-22(23)35)26(31-40(34,38)39)33-12-11-32(27(36)37)14-16(33)3/h4-10,13,15-16,35,38-39H,11-12,14H2,1-3H3,(H,36,37)/t16-/m0/s1. The molecule has 0 bridgehead atoms. The molecule has 0 spiro atoms. The van der Waals surface area contributed by atoms with Crippen LogP contribution in [0.15, 0.2) is 52.9 Å². The Hall–Kier alpha value is -3.94. The first-order valence-corrected chi connectivity index (χ1v) is 14.1. The molecule has 1 aromatic heterocycles. The Kier molecular flexibility index (Phi) is 7.06. The largest absolute Gasteiger partial charge is 0.507 e. The topological polar surface area (TPSA) is 133 Å². The van der Waals surface area contributed by atoms with Crippen molar-refractivity contribution in [1.29, 1.82) is 0 Å². The van der Waals surface area contributed by atoms with Gasteiger partial charge in [0, 0.05) is 25.7 Å². The van der Waals surface area contributed by atoms with Gasteiger partial charge in [-0.25, -0.2) is 22.9 Å². The number of amides is 1. The van der Waals surface area contributed by atoms with Crippen molar-refractivity contribution in [3.05, 3.63) is 71.3 Å². The van der Waals surface area contributed by atoms with Crippen molar-refractivity contribution in [2.75, 3.05) is 23.9 Å². The molecule has 2 aliphatic rings. The molecule has 40 heavy (non-hydrogen) atoms. The number of benzene rings is 2. The van der Waals surface area contributed by atoms with Gasteiger partial charge in [-0.05, 0) is 53.6 Å². The van der Waals surface area contributed by atoms with Gasteiger partial charge in [0.15, 0.2) is 17.5 Å². The number of phenols is 1. The van der Waals surface area contributed by atoms with Gasteiger partial charge in [-0.2, -0.15) is 0 Å². The SMILES string of the molecule is CC(C)c1ccccc1N1c2nc(-c3c(O)cccc3F)c(F)cc2C(N2CCN(C(=O)O)C[C@@H]2C)=NS1(O)O. The quantitative estimate of drug-likeness (QED) is 0.299. The van der Waals surface area contributed by atoms with Crippen molar-refractivity contribution in [3.8, 4) is 17.0 Å². The van der Waals surface area contributed by atoms with Gasteiger partial charge in [0.05, 0.1) is 16.8 Å². The molecule has 13 heteroatoms. The van der Waals surface area contributed by atoms with Gasteiger partial charge >= 0.3 is 6.09 Å². The number of aromatic nitrogens is 1. The van der Waals surface area contributed by atoms with Crippen LogP contribution in [0, 0.1) is 11.6 Å². The summed E-state index contributed by atoms with van der Waals surface area (Å²) in [5.74, 6) is -2.52. The monoisotopic (exact) mass is 573 g/mol. The number of halogens is 2. The summed E-state index contributed by atoms with van der Waals surface area (Å²) in [6, 6.07) is 11.2. The molecule has 2 aliphatic heterocycles. The highest BCUT2D eigenvalue weighted by atomic mass is 32.3. The van der Waals surface area contributed by atoms with Crippen LogP contribution in [0.25, 0.3) is 11.3 Å². The summed E-state index contributed by atoms with van der Waals surface area (Å²) in [5.41, 5.74) is 0.230. The van der Waals surface area contributed by atoms with Gasteiger partial charge in [-0.1, -0.05) is 38.1 Å². The van der Waals surface area contributed by atoms with E-state index >= 15 is 4.39 Å². The van der Waals surface area contributed by atoms with Crippen LogP contribution in [0.4, 0.5) is 25.1 Å². The van der Waals surface area contributed by atoms with E-state index in [1.165, 1.54) is 17.0 Å². The van der Waals surface area contributed by atoms with Gasteiger partial charge in [-0.3, -0.25) is 9.11 Å². The Morgan fingerprint density at radius 2 is 1.80 bits per heavy atom. The third-order valence-electron chi connectivity index (χ3n) is 7.02. The zero-order valence-corrected chi connectivity index (χ0v) is 22.8. The predicted octanol–water partition coefficient (Wildman–Crippen LogP) is 6.02. The Bertz CT molecular complexity index is 1500. The maximum absolute atomic E-state index is 15.7. The summed E-state index contributed by atoms with van der Waals surface area (Å²) in [7, 11) is -4.02. The first-order valence-electron chi connectivity index (χ1n) is 12.6. The highest BCUT2D eigenvalue weighted by Gasteiger charge is 2.41. The number of anilines is 2. The van der Waals surface area contributed by atoms with Crippen molar-refractivity contribution in [1.82, 2.24) is 14.8 Å². The summed E-state index contributed by atoms with van der Waals surface area (Å²) in [5, 5.41) is 19.8. The maximum atomic E-state index is 15.7. The molecule has 4 N–H and O–H groups in total. The minimum absolute atomic E-state index is 0.0292. The van der Waals surface area contributed by atoms with Gasteiger partial charge in [0.1, 0.15) is 17.3 Å². The summed E-state index contributed by atoms with van der Waals surface area (Å²) in [4.78, 5) is 18.9. The van der Waals surface area contributed by atoms with Crippen LogP contribution in [0.3, 0.4) is 0 Å². The molecule has 1 saturated heterocycles. The van der Waals surface area contributed by atoms with Crippen molar-refractivity contribution in [2.45, 2.75) is 32.7 Å². The highest BCUT2D eigenvalue weighted by Crippen LogP contribution is 2.58. The van der Waals surface area contributed by atoms with E-state index < -0.39 is 51.7 Å². The lowest BCUT2D eigenvalue weighted by Crippen LogP contribution is -2.56. The lowest BCUT2D eigenvalue weighted by Gasteiger charge is -2.47. The van der Waals surface area contributed by atoms with Crippen LogP contribution in [-0.2, 0) is 0 Å². The van der Waals surface area contributed by atoms with Gasteiger partial charge in [0.25, 0.3) is 0 Å². The molecule has 2 aromatic carbocycles. The molecule has 0 saturated carbocycles. The number of hydrogen-bond acceptors (Lipinski definition) is 8. The molecule has 5 rings (SSSR count). The Labute approximate surface area is 231 Å². The molecule has 1 amide bonds. The number of nitrogens with zero attached hydrogens (tertiary/aromatic N) is 5. The van der Waals surface area contributed by atoms with Crippen LogP contribution in [0.1, 0.15) is 37.8 Å². The minimum atomic E-state index is -4.02. The average molecular weight is 574 g/mol. The number of piperazine rings is 1. The Morgan fingerprint density at radius 1 is 1.07 bits per heavy atom. The second-order valence-electron chi connectivity index (χ2n) is 10.0. The van der Waals surface area contributed by atoms with E-state index in [4.69, 9.17) is 0 Å². The minimum Gasteiger partial charge on any atom is -0.507 e. The molecule has 3 heterocycles. The molecular formula is C27H29F2N5O5S. The molecule has 10 nitrogen and oxygen atoms in total. The van der Waals surface area contributed by atoms with E-state index in [9.17, 15) is 28.5 Å². The van der Waals surface area contributed by atoms with Crippen LogP contribution in [0.5, 0.6) is 5.75 Å². The van der Waals surface area contributed by atoms with Crippen molar-refractivity contribution >= 4 is 34.4 Å². The number of carbonyl (C=O) groups is 1. The fraction of sp³-hybridized carbons (Fsp3) is 0.296. The second kappa shape index (κ2) is 10.2. The fourth-order valence-corrected chi connectivity index (χ4v) is 6.42. The smallest absolute Gasteiger partial charge is 0.407 e. The molecule has 1 fully saturated rings. The first-order chi connectivity index (χ1) is 18.9. The molecule has 0 aliphatic carbocycles. The van der Waals surface area contributed by atoms with E-state index in [1.807, 2.05) is 19.9 Å². The number of pyridine rings is 1. The van der Waals surface area contributed by atoms with E-state index in [0.29, 0.717) is 5.69 Å². The molecule has 3 aromatic rings. The number of rotatable bonds is 3. The fourth-order valence-electron chi connectivity index (χ4n) is 5.10. The summed E-state index contributed by atoms with van der Waals surface area (Å²) in [6.45, 7) is 5.98. The maximum Gasteiger partial charge on any atom is 0.407 e. The third kappa shape index (κ3) is 4.69. The molecule has 212 valence electrons. The number of hydrogen-bond donors (Lipinski definition) is 4. The Balaban J connectivity index is 1.76. The van der Waals surface area contributed by atoms with Crippen molar-refractivity contribution in [3.63, 3.8) is 0 Å². The Morgan fingerprint density at radius 3 is 2.45 bits per heavy atom. The number of para-hydroxylation sites is 1. The average Bonchev–Trinajstić information content (AvgIpc) is 2.88. The predicted molar refractivity (Wildman–Crippen MR) is 149 cm³/mol. The lowest BCUT2D eigenvalue weighted by molar-refractivity contribution is 0.106. The van der Waals surface area contributed by atoms with Crippen molar-refractivity contribution in [2.24, 2.45) is 4.40 Å². The number of fused-ring (bicyclic) bond motifs is 1. The third-order valence-corrected chi connectivity index (χ3v) is 8.30. The normalized spacial score (nSPS) is 19.4. The van der Waals surface area contributed by atoms with Gasteiger partial charge in [-0.15, -0.1) is 4.40 Å². The van der Waals surface area contributed by atoms with Crippen LogP contribution < -0.4 is 4.31 Å². The number of carboxylic acid groups (broad SMARTS) is 1. The zero-order valence-electron chi connectivity index (χ0n) is 22.0. The second-order valence-corrected chi connectivity index (χ2v) is 11.5. The highest BCUT2D eigenvalue weighted by molar-refractivity contribution is 8.24. The summed E-state index contributed by atoms with van der Waals surface area (Å²) < 4.78 is 59.0. The molecular weight excluding hydrogens is 544 g/mol. The van der Waals surface area contributed by atoms with E-state index in [1.54, 1.807) is 30.0 Å². The van der Waals surface area contributed by atoms with E-state index in [-0.39, 0.29) is 42.8 Å². The molecule has 0 radical (unpaired) electrons. The summed E-state index contributed by atoms with van der Waals surface area (Å²) in [6.07, 6.45) is -1.08. The number of phenolic OH excluding ortho intramolecular Hbond substituents is 1. The zero-order chi connectivity index (χ0) is 28.9. The van der Waals surface area contributed by atoms with E-state index in [2.05, 4.69) is 9.38 Å². The lowest BCUT2D eigenvalue weighted by atomic mass is 10.0. The van der Waals surface area contributed by atoms with Crippen molar-refractivity contribution < 1.29 is 32.9 Å². The summed E-state index contributed by atoms with van der Waals surface area (Å²) >= 11 is 0. The molecule has 1 atom stereocenters. The van der Waals surface area contributed by atoms with Gasteiger partial charge < -0.3 is 20.0 Å². The van der Waals surface area contributed by atoms with Gasteiger partial charge in [0.2, 0.25) is 0 Å². The van der Waals surface area contributed by atoms with E-state index in [0.717, 1.165) is 22.0 Å². The number of amidine groups is 1. The molecule has 0 unspecified atom stereocenters. The van der Waals surface area contributed by atoms with Crippen LogP contribution in [-0.4, -0.2) is 71.7 Å². The van der Waals surface area contributed by atoms with Crippen LogP contribution in [0.2, 0.25) is 0 Å². The number of aromatic hydroxyl groups is 1. The van der Waals surface area contributed by atoms with Crippen LogP contribution >= 0.6 is 11.0 Å². The first kappa shape index (κ1) is 27.6.